The Labute approximate surface area is 201 Å². The zero-order chi connectivity index (χ0) is 23.8. The maximum absolute atomic E-state index is 12.3. The van der Waals surface area contributed by atoms with Gasteiger partial charge in [0.25, 0.3) is 0 Å². The van der Waals surface area contributed by atoms with E-state index in [2.05, 4.69) is 32.2 Å². The molecule has 0 radical (unpaired) electrons. The van der Waals surface area contributed by atoms with Crippen LogP contribution in [0.5, 0.6) is 11.5 Å². The van der Waals surface area contributed by atoms with Crippen LogP contribution in [0.1, 0.15) is 17.5 Å². The highest BCUT2D eigenvalue weighted by Crippen LogP contribution is 2.24. The Hall–Kier alpha value is -3.58. The Morgan fingerprint density at radius 3 is 2.35 bits per heavy atom. The first-order valence-electron chi connectivity index (χ1n) is 11.6. The van der Waals surface area contributed by atoms with Crippen LogP contribution in [-0.2, 0) is 17.8 Å². The molecule has 0 bridgehead atoms. The molecule has 0 aliphatic carbocycles. The van der Waals surface area contributed by atoms with Crippen LogP contribution in [0.2, 0.25) is 0 Å². The lowest BCUT2D eigenvalue weighted by Gasteiger charge is -2.23. The molecule has 2 heterocycles. The number of ether oxygens (including phenoxy) is 2. The maximum Gasteiger partial charge on any atom is 0.228 e. The summed E-state index contributed by atoms with van der Waals surface area (Å²) in [7, 11) is 3.35. The number of rotatable bonds is 8. The van der Waals surface area contributed by atoms with Gasteiger partial charge < -0.3 is 19.7 Å². The van der Waals surface area contributed by atoms with Crippen LogP contribution in [0.15, 0.2) is 66.9 Å². The number of amides is 1. The third-order valence-electron chi connectivity index (χ3n) is 5.97. The van der Waals surface area contributed by atoms with Gasteiger partial charge in [-0.3, -0.25) is 9.69 Å². The third kappa shape index (κ3) is 6.48. The van der Waals surface area contributed by atoms with Gasteiger partial charge in [-0.15, -0.1) is 0 Å². The summed E-state index contributed by atoms with van der Waals surface area (Å²) in [6.07, 6.45) is 3.14. The molecular weight excluding hydrogens is 428 g/mol. The molecule has 34 heavy (non-hydrogen) atoms. The van der Waals surface area contributed by atoms with Gasteiger partial charge in [0, 0.05) is 38.8 Å². The first-order chi connectivity index (χ1) is 16.6. The number of pyridine rings is 1. The number of benzene rings is 2. The molecule has 3 aromatic rings. The third-order valence-corrected chi connectivity index (χ3v) is 5.97. The van der Waals surface area contributed by atoms with Gasteiger partial charge in [0.15, 0.2) is 0 Å². The summed E-state index contributed by atoms with van der Waals surface area (Å²) in [5, 5.41) is 2.94. The van der Waals surface area contributed by atoms with Crippen molar-refractivity contribution in [2.24, 2.45) is 0 Å². The van der Waals surface area contributed by atoms with Crippen molar-refractivity contribution in [3.05, 3.63) is 78.0 Å². The van der Waals surface area contributed by atoms with Crippen LogP contribution in [0.4, 0.5) is 11.5 Å². The van der Waals surface area contributed by atoms with Crippen LogP contribution in [-0.4, -0.2) is 56.2 Å². The Kier molecular flexibility index (Phi) is 7.99. The number of nitrogens with one attached hydrogen (secondary N) is 1. The fourth-order valence-corrected chi connectivity index (χ4v) is 4.21. The van der Waals surface area contributed by atoms with Crippen molar-refractivity contribution in [3.63, 3.8) is 0 Å². The highest BCUT2D eigenvalue weighted by Gasteiger charge is 2.17. The molecule has 7 nitrogen and oxygen atoms in total. The number of aromatic nitrogens is 1. The van der Waals surface area contributed by atoms with Gasteiger partial charge in [-0.2, -0.15) is 0 Å². The second-order valence-corrected chi connectivity index (χ2v) is 8.45. The van der Waals surface area contributed by atoms with E-state index in [1.165, 1.54) is 5.56 Å². The zero-order valence-corrected chi connectivity index (χ0v) is 19.9. The molecule has 0 spiro atoms. The minimum absolute atomic E-state index is 0.0414. The van der Waals surface area contributed by atoms with Crippen molar-refractivity contribution < 1.29 is 14.3 Å². The van der Waals surface area contributed by atoms with Crippen molar-refractivity contribution in [1.82, 2.24) is 9.88 Å². The quantitative estimate of drug-likeness (QED) is 0.548. The average Bonchev–Trinajstić information content (AvgIpc) is 3.10. The maximum atomic E-state index is 12.3. The molecule has 4 rings (SSSR count). The van der Waals surface area contributed by atoms with Gasteiger partial charge in [-0.05, 0) is 41.8 Å². The van der Waals surface area contributed by atoms with Gasteiger partial charge in [0.05, 0.1) is 32.5 Å². The molecule has 0 atom stereocenters. The molecule has 1 aromatic heterocycles. The number of methoxy groups -OCH3 is 2. The monoisotopic (exact) mass is 460 g/mol. The van der Waals surface area contributed by atoms with E-state index in [9.17, 15) is 4.79 Å². The summed E-state index contributed by atoms with van der Waals surface area (Å²) in [5.74, 6) is 2.52. The molecule has 0 unspecified atom stereocenters. The predicted octanol–water partition coefficient (Wildman–Crippen LogP) is 3.99. The molecule has 1 N–H and O–H groups in total. The lowest BCUT2D eigenvalue weighted by Crippen LogP contribution is -2.31. The molecule has 1 amide bonds. The largest absolute Gasteiger partial charge is 0.497 e. The molecule has 7 heteroatoms. The minimum Gasteiger partial charge on any atom is -0.497 e. The van der Waals surface area contributed by atoms with E-state index in [-0.39, 0.29) is 5.91 Å². The van der Waals surface area contributed by atoms with Crippen molar-refractivity contribution >= 4 is 17.4 Å². The Morgan fingerprint density at radius 1 is 0.912 bits per heavy atom. The normalized spacial score (nSPS) is 14.4. The van der Waals surface area contributed by atoms with E-state index >= 15 is 0 Å². The SMILES string of the molecule is COc1cc(CN2CCCN(c3ccc(NC(=O)Cc4ccccc4)cn3)CC2)cc(OC)c1. The first-order valence-corrected chi connectivity index (χ1v) is 11.6. The topological polar surface area (TPSA) is 66.9 Å². The lowest BCUT2D eigenvalue weighted by molar-refractivity contribution is -0.115. The van der Waals surface area contributed by atoms with Crippen LogP contribution >= 0.6 is 0 Å². The van der Waals surface area contributed by atoms with Crippen molar-refractivity contribution in [1.29, 1.82) is 0 Å². The summed E-state index contributed by atoms with van der Waals surface area (Å²) in [5.41, 5.74) is 2.89. The first kappa shape index (κ1) is 23.6. The van der Waals surface area contributed by atoms with E-state index in [0.29, 0.717) is 12.1 Å². The van der Waals surface area contributed by atoms with Crippen molar-refractivity contribution in [2.45, 2.75) is 19.4 Å². The van der Waals surface area contributed by atoms with Crippen LogP contribution in [0.3, 0.4) is 0 Å². The lowest BCUT2D eigenvalue weighted by atomic mass is 10.1. The molecule has 1 aliphatic rings. The van der Waals surface area contributed by atoms with E-state index in [1.807, 2.05) is 48.5 Å². The highest BCUT2D eigenvalue weighted by atomic mass is 16.5. The molecule has 1 fully saturated rings. The molecule has 1 saturated heterocycles. The zero-order valence-electron chi connectivity index (χ0n) is 19.9. The van der Waals surface area contributed by atoms with E-state index < -0.39 is 0 Å². The summed E-state index contributed by atoms with van der Waals surface area (Å²) in [4.78, 5) is 21.7. The van der Waals surface area contributed by atoms with Crippen molar-refractivity contribution in [2.75, 3.05) is 50.6 Å². The van der Waals surface area contributed by atoms with Gasteiger partial charge >= 0.3 is 0 Å². The van der Waals surface area contributed by atoms with Gasteiger partial charge in [0.2, 0.25) is 5.91 Å². The smallest absolute Gasteiger partial charge is 0.228 e. The molecule has 178 valence electrons. The number of carbonyl (C=O) groups is 1. The van der Waals surface area contributed by atoms with Gasteiger partial charge in [0.1, 0.15) is 17.3 Å². The standard InChI is InChI=1S/C27H32N4O3/c1-33-24-15-22(16-25(18-24)34-2)20-30-11-6-12-31(14-13-30)26-10-9-23(19-28-26)29-27(32)17-21-7-4-3-5-8-21/h3-5,7-10,15-16,18-19H,6,11-14,17,20H2,1-2H3,(H,29,32). The predicted molar refractivity (Wildman–Crippen MR) is 135 cm³/mol. The Bertz CT molecular complexity index is 1050. The highest BCUT2D eigenvalue weighted by molar-refractivity contribution is 5.92. The van der Waals surface area contributed by atoms with E-state index in [4.69, 9.17) is 9.47 Å². The summed E-state index contributed by atoms with van der Waals surface area (Å²) in [6.45, 7) is 4.65. The minimum atomic E-state index is -0.0414. The summed E-state index contributed by atoms with van der Waals surface area (Å²) < 4.78 is 10.8. The van der Waals surface area contributed by atoms with Crippen LogP contribution in [0.25, 0.3) is 0 Å². The molecule has 1 aliphatic heterocycles. The van der Waals surface area contributed by atoms with Gasteiger partial charge in [-0.25, -0.2) is 4.98 Å². The second kappa shape index (κ2) is 11.5. The fourth-order valence-electron chi connectivity index (χ4n) is 4.21. The van der Waals surface area contributed by atoms with Crippen LogP contribution in [0, 0.1) is 0 Å². The number of carbonyl (C=O) groups excluding carboxylic acids is 1. The average molecular weight is 461 g/mol. The number of anilines is 2. The Balaban J connectivity index is 1.31. The molecule has 2 aromatic carbocycles. The molecular formula is C27H32N4O3. The molecule has 0 saturated carbocycles. The van der Waals surface area contributed by atoms with Crippen molar-refractivity contribution in [3.8, 4) is 11.5 Å². The summed E-state index contributed by atoms with van der Waals surface area (Å²) in [6, 6.07) is 19.7. The number of hydrogen-bond donors (Lipinski definition) is 1. The van der Waals surface area contributed by atoms with Gasteiger partial charge in [-0.1, -0.05) is 30.3 Å². The fraction of sp³-hybridized carbons (Fsp3) is 0.333. The Morgan fingerprint density at radius 2 is 1.68 bits per heavy atom. The second-order valence-electron chi connectivity index (χ2n) is 8.45. The summed E-state index contributed by atoms with van der Waals surface area (Å²) >= 11 is 0. The number of hydrogen-bond acceptors (Lipinski definition) is 6. The van der Waals surface area contributed by atoms with E-state index in [0.717, 1.165) is 62.0 Å². The van der Waals surface area contributed by atoms with E-state index in [1.54, 1.807) is 20.4 Å². The number of nitrogens with zero attached hydrogens (tertiary/aromatic N) is 3. The van der Waals surface area contributed by atoms with Crippen LogP contribution < -0.4 is 19.7 Å².